The lowest BCUT2D eigenvalue weighted by Gasteiger charge is -1.96. The van der Waals surface area contributed by atoms with Crippen molar-refractivity contribution in [3.05, 3.63) is 18.0 Å². The molecule has 0 bridgehead atoms. The average Bonchev–Trinajstić information content (AvgIpc) is 2.33. The second-order valence-electron chi connectivity index (χ2n) is 1.98. The maximum absolute atomic E-state index is 10.8. The van der Waals surface area contributed by atoms with Gasteiger partial charge in [-0.25, -0.2) is 0 Å². The summed E-state index contributed by atoms with van der Waals surface area (Å²) in [6, 6.07) is 1.72. The molecule has 3 nitrogen and oxygen atoms in total. The molecule has 1 heterocycles. The lowest BCUT2D eigenvalue weighted by molar-refractivity contribution is 0.101. The van der Waals surface area contributed by atoms with Crippen LogP contribution in [0.3, 0.4) is 0 Å². The van der Waals surface area contributed by atoms with Crippen LogP contribution in [0.2, 0.25) is 0 Å². The number of ketones is 1. The first-order valence-electron chi connectivity index (χ1n) is 2.98. The van der Waals surface area contributed by atoms with Gasteiger partial charge < -0.3 is 9.72 Å². The van der Waals surface area contributed by atoms with Crippen molar-refractivity contribution in [3.63, 3.8) is 0 Å². The van der Waals surface area contributed by atoms with Gasteiger partial charge in [0.25, 0.3) is 0 Å². The first-order valence-corrected chi connectivity index (χ1v) is 2.98. The lowest BCUT2D eigenvalue weighted by Crippen LogP contribution is -1.95. The van der Waals surface area contributed by atoms with Crippen LogP contribution in [-0.4, -0.2) is 17.9 Å². The Balaban J connectivity index is 3.01. The number of hydrogen-bond acceptors (Lipinski definition) is 2. The van der Waals surface area contributed by atoms with Gasteiger partial charge in [0.05, 0.1) is 7.11 Å². The highest BCUT2D eigenvalue weighted by Crippen LogP contribution is 2.15. The molecule has 0 saturated heterocycles. The van der Waals surface area contributed by atoms with Gasteiger partial charge in [0.2, 0.25) is 0 Å². The number of methoxy groups -OCH3 is 1. The first-order chi connectivity index (χ1) is 4.75. The number of aromatic amines is 1. The molecule has 1 aromatic heterocycles. The topological polar surface area (TPSA) is 42.1 Å². The van der Waals surface area contributed by atoms with Crippen LogP contribution in [-0.2, 0) is 0 Å². The van der Waals surface area contributed by atoms with Gasteiger partial charge in [-0.3, -0.25) is 4.79 Å². The fourth-order valence-electron chi connectivity index (χ4n) is 0.800. The Labute approximate surface area is 59.0 Å². The van der Waals surface area contributed by atoms with Crippen LogP contribution in [0.15, 0.2) is 12.3 Å². The fraction of sp³-hybridized carbons (Fsp3) is 0.286. The largest absolute Gasteiger partial charge is 0.494 e. The number of H-pyrrole nitrogens is 1. The molecule has 10 heavy (non-hydrogen) atoms. The molecular formula is C7H9NO2. The lowest BCUT2D eigenvalue weighted by atomic mass is 10.3. The van der Waals surface area contributed by atoms with Crippen LogP contribution < -0.4 is 4.74 Å². The third-order valence-electron chi connectivity index (χ3n) is 1.28. The van der Waals surface area contributed by atoms with E-state index in [2.05, 4.69) is 4.98 Å². The second kappa shape index (κ2) is 2.56. The van der Waals surface area contributed by atoms with Crippen LogP contribution in [0, 0.1) is 0 Å². The van der Waals surface area contributed by atoms with Crippen molar-refractivity contribution in [2.24, 2.45) is 0 Å². The van der Waals surface area contributed by atoms with Gasteiger partial charge in [0.15, 0.2) is 5.78 Å². The van der Waals surface area contributed by atoms with E-state index in [9.17, 15) is 4.79 Å². The highest BCUT2D eigenvalue weighted by atomic mass is 16.5. The average molecular weight is 139 g/mol. The SMILES string of the molecule is COc1cc[nH]c1C(C)=O. The van der Waals surface area contributed by atoms with Crippen LogP contribution in [0.4, 0.5) is 0 Å². The zero-order valence-corrected chi connectivity index (χ0v) is 5.97. The molecule has 0 spiro atoms. The molecule has 0 atom stereocenters. The van der Waals surface area contributed by atoms with E-state index in [1.165, 1.54) is 14.0 Å². The number of ether oxygens (including phenoxy) is 1. The second-order valence-corrected chi connectivity index (χ2v) is 1.98. The van der Waals surface area contributed by atoms with E-state index >= 15 is 0 Å². The number of nitrogens with one attached hydrogen (secondary N) is 1. The van der Waals surface area contributed by atoms with Gasteiger partial charge in [0, 0.05) is 13.1 Å². The summed E-state index contributed by atoms with van der Waals surface area (Å²) in [4.78, 5) is 13.6. The first kappa shape index (κ1) is 6.86. The Kier molecular flexibility index (Phi) is 1.76. The summed E-state index contributed by atoms with van der Waals surface area (Å²) < 4.78 is 4.89. The molecule has 0 aliphatic carbocycles. The molecule has 1 rings (SSSR count). The Hall–Kier alpha value is -1.25. The number of carbonyl (C=O) groups excluding carboxylic acids is 1. The maximum atomic E-state index is 10.8. The number of rotatable bonds is 2. The van der Waals surface area contributed by atoms with Crippen LogP contribution in [0.5, 0.6) is 5.75 Å². The molecule has 0 aliphatic heterocycles. The predicted molar refractivity (Wildman–Crippen MR) is 37.3 cm³/mol. The van der Waals surface area contributed by atoms with Crippen molar-refractivity contribution < 1.29 is 9.53 Å². The molecule has 3 heteroatoms. The number of carbonyl (C=O) groups is 1. The normalized spacial score (nSPS) is 9.40. The number of hydrogen-bond donors (Lipinski definition) is 1. The molecule has 0 unspecified atom stereocenters. The van der Waals surface area contributed by atoms with Gasteiger partial charge >= 0.3 is 0 Å². The van der Waals surface area contributed by atoms with Crippen molar-refractivity contribution in [1.29, 1.82) is 0 Å². The Morgan fingerprint density at radius 3 is 2.80 bits per heavy atom. The van der Waals surface area contributed by atoms with E-state index in [1.54, 1.807) is 12.3 Å². The van der Waals surface area contributed by atoms with Crippen molar-refractivity contribution in [3.8, 4) is 5.75 Å². The minimum atomic E-state index is -0.0122. The molecule has 1 aromatic rings. The third kappa shape index (κ3) is 1.03. The van der Waals surface area contributed by atoms with Crippen LogP contribution in [0.1, 0.15) is 17.4 Å². The standard InChI is InChI=1S/C7H9NO2/c1-5(9)7-6(10-2)3-4-8-7/h3-4,8H,1-2H3. The van der Waals surface area contributed by atoms with E-state index in [1.807, 2.05) is 0 Å². The highest BCUT2D eigenvalue weighted by molar-refractivity contribution is 5.94. The predicted octanol–water partition coefficient (Wildman–Crippen LogP) is 1.23. The van der Waals surface area contributed by atoms with Gasteiger partial charge in [-0.1, -0.05) is 0 Å². The van der Waals surface area contributed by atoms with Crippen molar-refractivity contribution in [1.82, 2.24) is 4.98 Å². The molecule has 1 N–H and O–H groups in total. The summed E-state index contributed by atoms with van der Waals surface area (Å²) in [5, 5.41) is 0. The summed E-state index contributed by atoms with van der Waals surface area (Å²) in [5.41, 5.74) is 0.530. The zero-order valence-electron chi connectivity index (χ0n) is 5.97. The van der Waals surface area contributed by atoms with E-state index in [4.69, 9.17) is 4.74 Å². The van der Waals surface area contributed by atoms with Gasteiger partial charge in [-0.15, -0.1) is 0 Å². The molecule has 0 aromatic carbocycles. The summed E-state index contributed by atoms with van der Waals surface area (Å²) in [6.07, 6.45) is 1.68. The fourth-order valence-corrected chi connectivity index (χ4v) is 0.800. The molecule has 0 saturated carbocycles. The minimum absolute atomic E-state index is 0.0122. The third-order valence-corrected chi connectivity index (χ3v) is 1.28. The molecular weight excluding hydrogens is 130 g/mol. The van der Waals surface area contributed by atoms with Gasteiger partial charge in [-0.2, -0.15) is 0 Å². The number of Topliss-reactive ketones (excluding diaryl/α,β-unsaturated/α-hetero) is 1. The Bertz CT molecular complexity index is 240. The highest BCUT2D eigenvalue weighted by Gasteiger charge is 2.06. The van der Waals surface area contributed by atoms with Crippen molar-refractivity contribution in [2.45, 2.75) is 6.92 Å². The van der Waals surface area contributed by atoms with Crippen LogP contribution >= 0.6 is 0 Å². The monoisotopic (exact) mass is 139 g/mol. The van der Waals surface area contributed by atoms with E-state index in [0.717, 1.165) is 0 Å². The van der Waals surface area contributed by atoms with Crippen molar-refractivity contribution in [2.75, 3.05) is 7.11 Å². The molecule has 54 valence electrons. The van der Waals surface area contributed by atoms with E-state index < -0.39 is 0 Å². The summed E-state index contributed by atoms with van der Waals surface area (Å²) in [6.45, 7) is 1.49. The molecule has 0 amide bonds. The molecule has 0 radical (unpaired) electrons. The smallest absolute Gasteiger partial charge is 0.179 e. The summed E-state index contributed by atoms with van der Waals surface area (Å²) in [7, 11) is 1.54. The van der Waals surface area contributed by atoms with E-state index in [0.29, 0.717) is 11.4 Å². The minimum Gasteiger partial charge on any atom is -0.494 e. The molecule has 0 aliphatic rings. The van der Waals surface area contributed by atoms with Crippen molar-refractivity contribution >= 4 is 5.78 Å². The van der Waals surface area contributed by atoms with Gasteiger partial charge in [0.1, 0.15) is 11.4 Å². The Morgan fingerprint density at radius 1 is 1.70 bits per heavy atom. The van der Waals surface area contributed by atoms with Crippen LogP contribution in [0.25, 0.3) is 0 Å². The maximum Gasteiger partial charge on any atom is 0.179 e. The number of aromatic nitrogens is 1. The Morgan fingerprint density at radius 2 is 2.40 bits per heavy atom. The zero-order chi connectivity index (χ0) is 7.56. The summed E-state index contributed by atoms with van der Waals surface area (Å²) >= 11 is 0. The summed E-state index contributed by atoms with van der Waals surface area (Å²) in [5.74, 6) is 0.592. The van der Waals surface area contributed by atoms with Gasteiger partial charge in [-0.05, 0) is 6.07 Å². The molecule has 0 fully saturated rings. The quantitative estimate of drug-likeness (QED) is 0.626. The van der Waals surface area contributed by atoms with E-state index in [-0.39, 0.29) is 5.78 Å².